The van der Waals surface area contributed by atoms with Gasteiger partial charge in [0.05, 0.1) is 10.7 Å². The van der Waals surface area contributed by atoms with Crippen molar-refractivity contribution in [3.05, 3.63) is 28.2 Å². The summed E-state index contributed by atoms with van der Waals surface area (Å²) in [7, 11) is 0. The quantitative estimate of drug-likeness (QED) is 0.773. The van der Waals surface area contributed by atoms with Crippen LogP contribution in [0.5, 0.6) is 0 Å². The minimum absolute atomic E-state index is 0.0189. The number of halogens is 2. The highest BCUT2D eigenvalue weighted by atomic mass is 35.5. The second-order valence-electron chi connectivity index (χ2n) is 4.98. The standard InChI is InChI=1S/C13H16Cl2N2O3/c1-13(2,6-5-11(18)19)17-12(20)16-10-4-3-8(14)7-9(10)15/h3-4,7H,5-6H2,1-2H3,(H,18,19)(H2,16,17,20). The lowest BCUT2D eigenvalue weighted by Crippen LogP contribution is -2.45. The Labute approximate surface area is 127 Å². The molecule has 0 spiro atoms. The van der Waals surface area contributed by atoms with E-state index < -0.39 is 17.5 Å². The number of nitrogens with one attached hydrogen (secondary N) is 2. The molecule has 3 N–H and O–H groups in total. The molecule has 1 rings (SSSR count). The summed E-state index contributed by atoms with van der Waals surface area (Å²) in [6, 6.07) is 4.27. The van der Waals surface area contributed by atoms with Gasteiger partial charge in [0.2, 0.25) is 0 Å². The Hall–Kier alpha value is -1.46. The first-order valence-corrected chi connectivity index (χ1v) is 6.71. The maximum absolute atomic E-state index is 11.8. The Kier molecular flexibility index (Phi) is 5.65. The third-order valence-electron chi connectivity index (χ3n) is 2.60. The predicted octanol–water partition coefficient (Wildman–Crippen LogP) is 3.76. The molecule has 1 aromatic carbocycles. The lowest BCUT2D eigenvalue weighted by molar-refractivity contribution is -0.137. The molecule has 2 amide bonds. The van der Waals surface area contributed by atoms with Crippen LogP contribution in [0.15, 0.2) is 18.2 Å². The van der Waals surface area contributed by atoms with Gasteiger partial charge < -0.3 is 15.7 Å². The zero-order valence-electron chi connectivity index (χ0n) is 11.2. The molecule has 0 aliphatic rings. The van der Waals surface area contributed by atoms with Crippen LogP contribution in [0.1, 0.15) is 26.7 Å². The number of carbonyl (C=O) groups excluding carboxylic acids is 1. The van der Waals surface area contributed by atoms with Crippen molar-refractivity contribution < 1.29 is 14.7 Å². The zero-order valence-corrected chi connectivity index (χ0v) is 12.7. The van der Waals surface area contributed by atoms with E-state index in [1.807, 2.05) is 0 Å². The van der Waals surface area contributed by atoms with E-state index in [1.165, 1.54) is 6.07 Å². The third kappa shape index (κ3) is 5.67. The van der Waals surface area contributed by atoms with Crippen LogP contribution in [0.3, 0.4) is 0 Å². The summed E-state index contributed by atoms with van der Waals surface area (Å²) < 4.78 is 0. The number of amides is 2. The molecule has 0 bridgehead atoms. The van der Waals surface area contributed by atoms with Crippen molar-refractivity contribution in [2.45, 2.75) is 32.2 Å². The van der Waals surface area contributed by atoms with E-state index in [-0.39, 0.29) is 6.42 Å². The van der Waals surface area contributed by atoms with Crippen molar-refractivity contribution in [2.24, 2.45) is 0 Å². The Morgan fingerprint density at radius 2 is 1.95 bits per heavy atom. The average molecular weight is 319 g/mol. The largest absolute Gasteiger partial charge is 0.481 e. The van der Waals surface area contributed by atoms with Gasteiger partial charge in [-0.15, -0.1) is 0 Å². The van der Waals surface area contributed by atoms with Crippen LogP contribution in [0.4, 0.5) is 10.5 Å². The van der Waals surface area contributed by atoms with Crippen molar-refractivity contribution in [3.8, 4) is 0 Å². The maximum atomic E-state index is 11.8. The van der Waals surface area contributed by atoms with E-state index in [1.54, 1.807) is 26.0 Å². The second kappa shape index (κ2) is 6.81. The minimum Gasteiger partial charge on any atom is -0.481 e. The first-order valence-electron chi connectivity index (χ1n) is 5.95. The fourth-order valence-corrected chi connectivity index (χ4v) is 1.99. The van der Waals surface area contributed by atoms with Crippen LogP contribution in [-0.2, 0) is 4.79 Å². The van der Waals surface area contributed by atoms with Gasteiger partial charge in [-0.1, -0.05) is 23.2 Å². The van der Waals surface area contributed by atoms with E-state index in [0.717, 1.165) is 0 Å². The number of carbonyl (C=O) groups is 2. The van der Waals surface area contributed by atoms with Gasteiger partial charge in [-0.25, -0.2) is 4.79 Å². The highest BCUT2D eigenvalue weighted by Gasteiger charge is 2.21. The number of urea groups is 1. The summed E-state index contributed by atoms with van der Waals surface area (Å²) in [6.45, 7) is 3.50. The summed E-state index contributed by atoms with van der Waals surface area (Å²) in [5.41, 5.74) is -0.205. The predicted molar refractivity (Wildman–Crippen MR) is 79.6 cm³/mol. The summed E-state index contributed by atoms with van der Waals surface area (Å²) in [5, 5.41) is 14.7. The molecular weight excluding hydrogens is 303 g/mol. The van der Waals surface area contributed by atoms with E-state index >= 15 is 0 Å². The molecular formula is C13H16Cl2N2O3. The molecule has 0 heterocycles. The van der Waals surface area contributed by atoms with Crippen LogP contribution in [0, 0.1) is 0 Å². The lowest BCUT2D eigenvalue weighted by Gasteiger charge is -2.25. The number of carboxylic acid groups (broad SMARTS) is 1. The fourth-order valence-electron chi connectivity index (χ4n) is 1.53. The monoisotopic (exact) mass is 318 g/mol. The topological polar surface area (TPSA) is 78.4 Å². The molecule has 0 atom stereocenters. The van der Waals surface area contributed by atoms with E-state index in [4.69, 9.17) is 28.3 Å². The highest BCUT2D eigenvalue weighted by Crippen LogP contribution is 2.25. The molecule has 20 heavy (non-hydrogen) atoms. The number of hydrogen-bond acceptors (Lipinski definition) is 2. The smallest absolute Gasteiger partial charge is 0.319 e. The molecule has 7 heteroatoms. The van der Waals surface area contributed by atoms with Gasteiger partial charge in [0.1, 0.15) is 0 Å². The number of hydrogen-bond donors (Lipinski definition) is 3. The normalized spacial score (nSPS) is 11.0. The van der Waals surface area contributed by atoms with E-state index in [0.29, 0.717) is 22.2 Å². The lowest BCUT2D eigenvalue weighted by atomic mass is 9.99. The van der Waals surface area contributed by atoms with Gasteiger partial charge in [0.25, 0.3) is 0 Å². The minimum atomic E-state index is -0.902. The molecule has 0 aliphatic carbocycles. The maximum Gasteiger partial charge on any atom is 0.319 e. The number of anilines is 1. The van der Waals surface area contributed by atoms with Crippen molar-refractivity contribution in [2.75, 3.05) is 5.32 Å². The fraction of sp³-hybridized carbons (Fsp3) is 0.385. The average Bonchev–Trinajstić information content (AvgIpc) is 2.30. The summed E-state index contributed by atoms with van der Waals surface area (Å²) in [5.74, 6) is -0.902. The molecule has 0 radical (unpaired) electrons. The first-order chi connectivity index (χ1) is 9.19. The molecule has 0 aliphatic heterocycles. The van der Waals surface area contributed by atoms with Crippen molar-refractivity contribution in [1.82, 2.24) is 5.32 Å². The third-order valence-corrected chi connectivity index (χ3v) is 3.14. The van der Waals surface area contributed by atoms with E-state index in [9.17, 15) is 9.59 Å². The zero-order chi connectivity index (χ0) is 15.3. The SMILES string of the molecule is CC(C)(CCC(=O)O)NC(=O)Nc1ccc(Cl)cc1Cl. The Bertz CT molecular complexity index is 518. The summed E-state index contributed by atoms with van der Waals surface area (Å²) in [4.78, 5) is 22.4. The Morgan fingerprint density at radius 3 is 2.50 bits per heavy atom. The Morgan fingerprint density at radius 1 is 1.30 bits per heavy atom. The molecule has 0 saturated heterocycles. The van der Waals surface area contributed by atoms with Gasteiger partial charge in [0, 0.05) is 17.0 Å². The number of aliphatic carboxylic acids is 1. The van der Waals surface area contributed by atoms with Crippen LogP contribution in [0.2, 0.25) is 10.0 Å². The molecule has 0 aromatic heterocycles. The van der Waals surface area contributed by atoms with Crippen LogP contribution in [0.25, 0.3) is 0 Å². The molecule has 0 fully saturated rings. The molecule has 0 saturated carbocycles. The van der Waals surface area contributed by atoms with Crippen LogP contribution < -0.4 is 10.6 Å². The van der Waals surface area contributed by atoms with Crippen LogP contribution in [-0.4, -0.2) is 22.6 Å². The first kappa shape index (κ1) is 16.6. The highest BCUT2D eigenvalue weighted by molar-refractivity contribution is 6.36. The summed E-state index contributed by atoms with van der Waals surface area (Å²) in [6.07, 6.45) is 0.305. The molecule has 5 nitrogen and oxygen atoms in total. The van der Waals surface area contributed by atoms with Crippen molar-refractivity contribution in [3.63, 3.8) is 0 Å². The van der Waals surface area contributed by atoms with Crippen molar-refractivity contribution >= 4 is 40.9 Å². The molecule has 110 valence electrons. The molecule has 0 unspecified atom stereocenters. The van der Waals surface area contributed by atoms with Crippen LogP contribution >= 0.6 is 23.2 Å². The van der Waals surface area contributed by atoms with Gasteiger partial charge in [-0.05, 0) is 38.5 Å². The number of rotatable bonds is 5. The van der Waals surface area contributed by atoms with Gasteiger partial charge in [-0.3, -0.25) is 4.79 Å². The van der Waals surface area contributed by atoms with E-state index in [2.05, 4.69) is 10.6 Å². The van der Waals surface area contributed by atoms with Gasteiger partial charge in [-0.2, -0.15) is 0 Å². The summed E-state index contributed by atoms with van der Waals surface area (Å²) >= 11 is 11.7. The van der Waals surface area contributed by atoms with Gasteiger partial charge >= 0.3 is 12.0 Å². The number of carboxylic acids is 1. The number of benzene rings is 1. The van der Waals surface area contributed by atoms with Gasteiger partial charge in [0.15, 0.2) is 0 Å². The van der Waals surface area contributed by atoms with Crippen molar-refractivity contribution in [1.29, 1.82) is 0 Å². The molecule has 1 aromatic rings. The second-order valence-corrected chi connectivity index (χ2v) is 5.82. The Balaban J connectivity index is 2.60.